The molecular weight excluding hydrogens is 1020 g/mol. The molecule has 14 heteroatoms. The van der Waals surface area contributed by atoms with Crippen LogP contribution in [0.3, 0.4) is 0 Å². The third-order valence-corrected chi connectivity index (χ3v) is 17.3. The Morgan fingerprint density at radius 1 is 0.539 bits per heavy atom. The summed E-state index contributed by atoms with van der Waals surface area (Å²) in [6, 6.07) is 47.4. The molecule has 0 radical (unpaired) electrons. The van der Waals surface area contributed by atoms with Gasteiger partial charge in [-0.2, -0.15) is 10.2 Å². The average molecular weight is 1080 g/mol. The average Bonchev–Trinajstić information content (AvgIpc) is 4.03. The first-order valence-electron chi connectivity index (χ1n) is 26.3. The van der Waals surface area contributed by atoms with Crippen LogP contribution in [0.5, 0.6) is 0 Å². The highest BCUT2D eigenvalue weighted by atomic mass is 79.9. The Morgan fingerprint density at radius 3 is 1.33 bits per heavy atom. The topological polar surface area (TPSA) is 185 Å². The zero-order chi connectivity index (χ0) is 53.3. The van der Waals surface area contributed by atoms with Gasteiger partial charge >= 0.3 is 19.1 Å². The van der Waals surface area contributed by atoms with Crippen LogP contribution in [0, 0.1) is 34.5 Å². The highest BCUT2D eigenvalue weighted by Crippen LogP contribution is 2.63. The maximum atomic E-state index is 13.4. The second-order valence-corrected chi connectivity index (χ2v) is 22.9. The minimum atomic E-state index is -1.34. The summed E-state index contributed by atoms with van der Waals surface area (Å²) >= 11 is 3.48. The highest BCUT2D eigenvalue weighted by molar-refractivity contribution is 9.10. The molecule has 4 saturated carbocycles. The van der Waals surface area contributed by atoms with Gasteiger partial charge in [-0.1, -0.05) is 137 Å². The molecule has 2 unspecified atom stereocenters. The highest BCUT2D eigenvalue weighted by Gasteiger charge is 2.56. The number of Topliss-reactive ketones (excluding diaryl/α,β-unsaturated/α-hetero) is 2. The summed E-state index contributed by atoms with van der Waals surface area (Å²) in [4.78, 5) is 48.9. The monoisotopic (exact) mass is 1080 g/mol. The fourth-order valence-electron chi connectivity index (χ4n) is 12.8. The third kappa shape index (κ3) is 11.0. The van der Waals surface area contributed by atoms with E-state index in [2.05, 4.69) is 88.5 Å². The molecule has 12 nitrogen and oxygen atoms in total. The van der Waals surface area contributed by atoms with Gasteiger partial charge in [0.2, 0.25) is 0 Å². The van der Waals surface area contributed by atoms with E-state index in [1.807, 2.05) is 94.6 Å². The van der Waals surface area contributed by atoms with Crippen LogP contribution >= 0.6 is 15.9 Å². The van der Waals surface area contributed by atoms with Gasteiger partial charge in [0, 0.05) is 39.2 Å². The largest absolute Gasteiger partial charge is 0.488 e. The Hall–Kier alpha value is -7.00. The number of hydrogen-bond donors (Lipinski definition) is 4. The lowest BCUT2D eigenvalue weighted by molar-refractivity contribution is -0.158. The number of carbonyl (C=O) groups is 4. The van der Waals surface area contributed by atoms with Crippen molar-refractivity contribution in [1.82, 2.24) is 19.6 Å². The number of nitrogens with zero attached hydrogens (tertiary/aromatic N) is 4. The summed E-state index contributed by atoms with van der Waals surface area (Å²) in [6.45, 7) is 4.22. The number of rotatable bonds is 14. The number of fused-ring (bicyclic) bond motifs is 2. The van der Waals surface area contributed by atoms with Crippen LogP contribution in [0.1, 0.15) is 122 Å². The summed E-state index contributed by atoms with van der Waals surface area (Å²) in [7, 11) is -1.34. The van der Waals surface area contributed by atoms with Gasteiger partial charge < -0.3 is 20.3 Å². The first kappa shape index (κ1) is 52.4. The zero-order valence-electron chi connectivity index (χ0n) is 42.7. The molecule has 0 aliphatic heterocycles. The summed E-state index contributed by atoms with van der Waals surface area (Å²) in [5.41, 5.74) is 8.79. The predicted octanol–water partition coefficient (Wildman–Crippen LogP) is 12.0. The quantitative estimate of drug-likeness (QED) is 0.0603. The van der Waals surface area contributed by atoms with Gasteiger partial charge in [0.1, 0.15) is 0 Å². The van der Waals surface area contributed by atoms with E-state index in [-0.39, 0.29) is 46.3 Å². The van der Waals surface area contributed by atoms with Gasteiger partial charge in [0.15, 0.2) is 11.6 Å². The third-order valence-electron chi connectivity index (χ3n) is 16.8. The van der Waals surface area contributed by atoms with Crippen LogP contribution in [-0.2, 0) is 9.59 Å². The molecule has 4 aliphatic carbocycles. The van der Waals surface area contributed by atoms with Gasteiger partial charge in [0.05, 0.1) is 47.3 Å². The number of para-hydroxylation sites is 2. The minimum absolute atomic E-state index is 0.00875. The summed E-state index contributed by atoms with van der Waals surface area (Å²) in [5, 5.41) is 46.7. The second-order valence-electron chi connectivity index (χ2n) is 22.0. The molecular formula is C62H62BBrN4O8. The molecule has 8 aromatic rings. The Balaban J connectivity index is 0.000000150. The number of carboxylic acid groups (broad SMARTS) is 2. The van der Waals surface area contributed by atoms with Crippen LogP contribution in [0.4, 0.5) is 0 Å². The summed E-state index contributed by atoms with van der Waals surface area (Å²) in [5.74, 6) is -0.700. The van der Waals surface area contributed by atoms with Crippen molar-refractivity contribution in [1.29, 1.82) is 0 Å². The fraction of sp³-hybridized carbons (Fsp3) is 0.323. The van der Waals surface area contributed by atoms with E-state index in [9.17, 15) is 24.3 Å². The number of aliphatic carboxylic acids is 2. The van der Waals surface area contributed by atoms with Crippen LogP contribution in [0.15, 0.2) is 162 Å². The van der Waals surface area contributed by atoms with E-state index >= 15 is 0 Å². The number of ketones is 2. The number of hydrogen-bond acceptors (Lipinski definition) is 8. The lowest BCUT2D eigenvalue weighted by atomic mass is 9.47. The number of aromatic nitrogens is 4. The molecule has 76 heavy (non-hydrogen) atoms. The van der Waals surface area contributed by atoms with Crippen molar-refractivity contribution >= 4 is 73.8 Å². The molecule has 388 valence electrons. The molecule has 2 spiro atoms. The normalized spacial score (nSPS) is 22.8. The van der Waals surface area contributed by atoms with Gasteiger partial charge in [-0.05, 0) is 140 Å². The van der Waals surface area contributed by atoms with E-state index in [0.717, 1.165) is 99.9 Å². The van der Waals surface area contributed by atoms with Crippen LogP contribution in [-0.4, -0.2) is 70.4 Å². The van der Waals surface area contributed by atoms with E-state index in [0.29, 0.717) is 30.1 Å². The number of carboxylic acids is 2. The number of halogens is 1. The SMILES string of the molecule is CC(c1ccc(-c2ccccc2)cc1)n1ncc2cccc(C(=O)CC3CC4(C3)CC(C(=O)O)C4)c21.CC(c1ccc(Br)cc1)n1ncc2cccc(C(=O)CC3CC4(C3)CC(C(=O)O)C4)c21.OB(O)c1ccccc1. The van der Waals surface area contributed by atoms with Crippen molar-refractivity contribution in [2.24, 2.45) is 34.5 Å². The van der Waals surface area contributed by atoms with Gasteiger partial charge in [-0.3, -0.25) is 28.5 Å². The Bertz CT molecular complexity index is 3370. The number of benzene rings is 6. The van der Waals surface area contributed by atoms with E-state index in [4.69, 9.17) is 15.2 Å². The maximum absolute atomic E-state index is 13.4. The number of carbonyl (C=O) groups excluding carboxylic acids is 2. The van der Waals surface area contributed by atoms with Crippen molar-refractivity contribution in [3.63, 3.8) is 0 Å². The van der Waals surface area contributed by atoms with Gasteiger partial charge in [0.25, 0.3) is 0 Å². The lowest BCUT2D eigenvalue weighted by Gasteiger charge is -2.56. The molecule has 0 saturated heterocycles. The van der Waals surface area contributed by atoms with E-state index in [1.54, 1.807) is 24.3 Å². The molecule has 2 atom stereocenters. The van der Waals surface area contributed by atoms with Crippen molar-refractivity contribution in [2.45, 2.75) is 90.1 Å². The first-order valence-corrected chi connectivity index (χ1v) is 27.1. The molecule has 2 aromatic heterocycles. The molecule has 4 fully saturated rings. The molecule has 12 rings (SSSR count). The smallest absolute Gasteiger partial charge is 0.481 e. The van der Waals surface area contributed by atoms with E-state index < -0.39 is 19.1 Å². The Labute approximate surface area is 451 Å². The van der Waals surface area contributed by atoms with Crippen molar-refractivity contribution < 1.29 is 39.4 Å². The first-order chi connectivity index (χ1) is 36.6. The molecule has 4 N–H and O–H groups in total. The van der Waals surface area contributed by atoms with Crippen LogP contribution in [0.25, 0.3) is 32.9 Å². The second kappa shape index (κ2) is 21.9. The molecule has 6 aromatic carbocycles. The van der Waals surface area contributed by atoms with Gasteiger partial charge in [-0.25, -0.2) is 0 Å². The predicted molar refractivity (Wildman–Crippen MR) is 298 cm³/mol. The van der Waals surface area contributed by atoms with Crippen molar-refractivity contribution in [3.05, 3.63) is 185 Å². The molecule has 2 heterocycles. The fourth-order valence-corrected chi connectivity index (χ4v) is 13.1. The van der Waals surface area contributed by atoms with Crippen molar-refractivity contribution in [3.8, 4) is 11.1 Å². The molecule has 0 bridgehead atoms. The standard InChI is InChI=1S/C31H30N2O3.C25H25BrN2O3.C6H7BO2/c1-20(22-10-12-24(13-11-22)23-6-3-2-4-7-23)33-29-25(19-32-33)8-5-9-27(29)28(34)14-21-15-31(16-21)17-26(18-31)30(35)36;1-15(17-5-7-20(26)8-6-17)28-23-18(14-27-28)3-2-4-21(23)22(29)9-16-10-25(11-16)12-19(13-25)24(30)31;8-7(9)6-4-2-1-3-5-6/h2-13,19-21,26H,14-18H2,1H3,(H,35,36);2-8,14-16,19H,9-13H2,1H3,(H,30,31);1-5,8-9H. The zero-order valence-corrected chi connectivity index (χ0v) is 44.3. The minimum Gasteiger partial charge on any atom is -0.481 e. The molecule has 4 aliphatic rings. The summed E-state index contributed by atoms with van der Waals surface area (Å²) in [6.07, 6.45) is 11.7. The van der Waals surface area contributed by atoms with E-state index in [1.165, 1.54) is 11.1 Å². The Kier molecular flexibility index (Phi) is 15.1. The lowest BCUT2D eigenvalue weighted by Crippen LogP contribution is -2.50. The summed E-state index contributed by atoms with van der Waals surface area (Å²) < 4.78 is 4.97. The molecule has 0 amide bonds. The van der Waals surface area contributed by atoms with Crippen LogP contribution < -0.4 is 5.46 Å². The van der Waals surface area contributed by atoms with Crippen molar-refractivity contribution in [2.75, 3.05) is 0 Å². The Morgan fingerprint density at radius 2 is 0.934 bits per heavy atom. The van der Waals surface area contributed by atoms with Crippen LogP contribution in [0.2, 0.25) is 0 Å². The van der Waals surface area contributed by atoms with Gasteiger partial charge in [-0.15, -0.1) is 0 Å². The maximum Gasteiger partial charge on any atom is 0.488 e.